The molecule has 5 heteroatoms. The van der Waals surface area contributed by atoms with E-state index in [4.69, 9.17) is 4.74 Å². The first-order valence-corrected chi connectivity index (χ1v) is 6.18. The molecule has 2 heterocycles. The number of aromatic nitrogens is 1. The summed E-state index contributed by atoms with van der Waals surface area (Å²) in [5.74, 6) is 0.780. The van der Waals surface area contributed by atoms with Gasteiger partial charge in [-0.15, -0.1) is 0 Å². The second kappa shape index (κ2) is 5.35. The van der Waals surface area contributed by atoms with Crippen LogP contribution in [0.5, 0.6) is 0 Å². The van der Waals surface area contributed by atoms with Crippen LogP contribution in [0.1, 0.15) is 24.2 Å². The summed E-state index contributed by atoms with van der Waals surface area (Å²) in [6.45, 7) is 5.24. The number of hydrogen-bond donors (Lipinski definition) is 1. The molecule has 2 atom stereocenters. The first-order chi connectivity index (χ1) is 8.60. The van der Waals surface area contributed by atoms with Gasteiger partial charge in [-0.3, -0.25) is 4.79 Å². The van der Waals surface area contributed by atoms with Crippen molar-refractivity contribution in [3.63, 3.8) is 0 Å². The highest BCUT2D eigenvalue weighted by Crippen LogP contribution is 2.14. The molecule has 1 N–H and O–H groups in total. The summed E-state index contributed by atoms with van der Waals surface area (Å²) in [6, 6.07) is 3.60. The van der Waals surface area contributed by atoms with Gasteiger partial charge < -0.3 is 15.0 Å². The first-order valence-electron chi connectivity index (χ1n) is 6.18. The van der Waals surface area contributed by atoms with Crippen molar-refractivity contribution < 1.29 is 9.53 Å². The maximum atomic E-state index is 12.3. The van der Waals surface area contributed by atoms with Crippen LogP contribution in [0.15, 0.2) is 18.3 Å². The second-order valence-electron chi connectivity index (χ2n) is 4.65. The number of anilines is 1. The number of rotatable bonds is 2. The fourth-order valence-electron chi connectivity index (χ4n) is 2.19. The third-order valence-electron chi connectivity index (χ3n) is 2.97. The molecule has 98 valence electrons. The smallest absolute Gasteiger partial charge is 0.255 e. The fraction of sp³-hybridized carbons (Fsp3) is 0.538. The van der Waals surface area contributed by atoms with Crippen molar-refractivity contribution in [3.8, 4) is 0 Å². The first kappa shape index (κ1) is 12.8. The third-order valence-corrected chi connectivity index (χ3v) is 2.97. The molecule has 1 aromatic rings. The molecule has 1 aromatic heterocycles. The average molecular weight is 249 g/mol. The van der Waals surface area contributed by atoms with E-state index in [1.165, 1.54) is 0 Å². The molecule has 1 saturated heterocycles. The van der Waals surface area contributed by atoms with Gasteiger partial charge in [-0.2, -0.15) is 0 Å². The monoisotopic (exact) mass is 249 g/mol. The van der Waals surface area contributed by atoms with Gasteiger partial charge in [0.2, 0.25) is 0 Å². The zero-order chi connectivity index (χ0) is 13.1. The maximum Gasteiger partial charge on any atom is 0.255 e. The van der Waals surface area contributed by atoms with Gasteiger partial charge in [-0.1, -0.05) is 0 Å². The molecule has 0 radical (unpaired) electrons. The van der Waals surface area contributed by atoms with E-state index >= 15 is 0 Å². The van der Waals surface area contributed by atoms with Gasteiger partial charge in [0.05, 0.1) is 17.8 Å². The van der Waals surface area contributed by atoms with Gasteiger partial charge in [0.25, 0.3) is 5.91 Å². The van der Waals surface area contributed by atoms with Crippen LogP contribution in [0.2, 0.25) is 0 Å². The maximum absolute atomic E-state index is 12.3. The lowest BCUT2D eigenvalue weighted by Gasteiger charge is -2.35. The summed E-state index contributed by atoms with van der Waals surface area (Å²) < 4.78 is 5.62. The highest BCUT2D eigenvalue weighted by Gasteiger charge is 2.26. The summed E-state index contributed by atoms with van der Waals surface area (Å²) in [4.78, 5) is 18.3. The van der Waals surface area contributed by atoms with E-state index in [9.17, 15) is 4.79 Å². The van der Waals surface area contributed by atoms with E-state index in [1.807, 2.05) is 18.7 Å². The lowest BCUT2D eigenvalue weighted by Crippen LogP contribution is -2.48. The van der Waals surface area contributed by atoms with Crippen molar-refractivity contribution >= 4 is 11.7 Å². The van der Waals surface area contributed by atoms with Crippen LogP contribution in [0.3, 0.4) is 0 Å². The Kier molecular flexibility index (Phi) is 3.81. The summed E-state index contributed by atoms with van der Waals surface area (Å²) in [7, 11) is 1.80. The fourth-order valence-corrected chi connectivity index (χ4v) is 2.19. The molecule has 1 amide bonds. The number of nitrogens with one attached hydrogen (secondary N) is 1. The Morgan fingerprint density at radius 2 is 2.06 bits per heavy atom. The lowest BCUT2D eigenvalue weighted by atomic mass is 10.2. The Bertz CT molecular complexity index is 409. The minimum atomic E-state index is 0.0205. The number of carbonyl (C=O) groups is 1. The molecule has 1 aliphatic heterocycles. The zero-order valence-electron chi connectivity index (χ0n) is 11.0. The average Bonchev–Trinajstić information content (AvgIpc) is 2.37. The van der Waals surface area contributed by atoms with E-state index in [-0.39, 0.29) is 18.1 Å². The predicted molar refractivity (Wildman–Crippen MR) is 69.7 cm³/mol. The number of pyridine rings is 1. The van der Waals surface area contributed by atoms with Crippen molar-refractivity contribution in [3.05, 3.63) is 23.9 Å². The number of carbonyl (C=O) groups excluding carboxylic acids is 1. The SMILES string of the molecule is CNc1ccc(C(=O)N2C[C@@H](C)O[C@@H](C)C2)cn1. The Morgan fingerprint density at radius 1 is 1.39 bits per heavy atom. The van der Waals surface area contributed by atoms with Crippen LogP contribution < -0.4 is 5.32 Å². The van der Waals surface area contributed by atoms with Gasteiger partial charge in [-0.05, 0) is 26.0 Å². The van der Waals surface area contributed by atoms with Crippen molar-refractivity contribution in [1.82, 2.24) is 9.88 Å². The molecule has 0 unspecified atom stereocenters. The minimum absolute atomic E-state index is 0.0205. The highest BCUT2D eigenvalue weighted by atomic mass is 16.5. The Balaban J connectivity index is 2.09. The van der Waals surface area contributed by atoms with Crippen LogP contribution in [-0.4, -0.2) is 48.1 Å². The highest BCUT2D eigenvalue weighted by molar-refractivity contribution is 5.94. The normalized spacial score (nSPS) is 23.8. The van der Waals surface area contributed by atoms with E-state index in [0.29, 0.717) is 18.7 Å². The number of morpholine rings is 1. The third kappa shape index (κ3) is 2.79. The van der Waals surface area contributed by atoms with Crippen LogP contribution in [0.25, 0.3) is 0 Å². The van der Waals surface area contributed by atoms with Crippen molar-refractivity contribution in [1.29, 1.82) is 0 Å². The standard InChI is InChI=1S/C13H19N3O2/c1-9-7-16(8-10(2)18-9)13(17)11-4-5-12(14-3)15-6-11/h4-6,9-10H,7-8H2,1-3H3,(H,14,15)/t9-,10+. The van der Waals surface area contributed by atoms with Gasteiger partial charge in [0.1, 0.15) is 5.82 Å². The van der Waals surface area contributed by atoms with Crippen molar-refractivity contribution in [2.45, 2.75) is 26.1 Å². The molecular weight excluding hydrogens is 230 g/mol. The Hall–Kier alpha value is -1.62. The van der Waals surface area contributed by atoms with E-state index in [0.717, 1.165) is 5.82 Å². The van der Waals surface area contributed by atoms with Gasteiger partial charge in [-0.25, -0.2) is 4.98 Å². The van der Waals surface area contributed by atoms with Crippen LogP contribution in [-0.2, 0) is 4.74 Å². The van der Waals surface area contributed by atoms with Gasteiger partial charge >= 0.3 is 0 Å². The van der Waals surface area contributed by atoms with E-state index < -0.39 is 0 Å². The Labute approximate surface area is 107 Å². The molecule has 0 saturated carbocycles. The summed E-state index contributed by atoms with van der Waals surface area (Å²) >= 11 is 0. The molecule has 1 aliphatic rings. The van der Waals surface area contributed by atoms with E-state index in [2.05, 4.69) is 10.3 Å². The molecular formula is C13H19N3O2. The molecule has 0 aliphatic carbocycles. The van der Waals surface area contributed by atoms with Crippen LogP contribution in [0.4, 0.5) is 5.82 Å². The number of hydrogen-bond acceptors (Lipinski definition) is 4. The van der Waals surface area contributed by atoms with Gasteiger partial charge in [0, 0.05) is 26.3 Å². The van der Waals surface area contributed by atoms with Crippen LogP contribution >= 0.6 is 0 Å². The number of amides is 1. The van der Waals surface area contributed by atoms with Crippen LogP contribution in [0, 0.1) is 0 Å². The van der Waals surface area contributed by atoms with Gasteiger partial charge in [0.15, 0.2) is 0 Å². The predicted octanol–water partition coefficient (Wildman–Crippen LogP) is 1.37. The second-order valence-corrected chi connectivity index (χ2v) is 4.65. The number of nitrogens with zero attached hydrogens (tertiary/aromatic N) is 2. The lowest BCUT2D eigenvalue weighted by molar-refractivity contribution is -0.0586. The quantitative estimate of drug-likeness (QED) is 0.860. The summed E-state index contributed by atoms with van der Waals surface area (Å²) in [5, 5.41) is 2.93. The van der Waals surface area contributed by atoms with Crippen molar-refractivity contribution in [2.24, 2.45) is 0 Å². The summed E-state index contributed by atoms with van der Waals surface area (Å²) in [6.07, 6.45) is 1.78. The molecule has 0 spiro atoms. The molecule has 18 heavy (non-hydrogen) atoms. The van der Waals surface area contributed by atoms with E-state index in [1.54, 1.807) is 25.4 Å². The molecule has 2 rings (SSSR count). The number of ether oxygens (including phenoxy) is 1. The molecule has 5 nitrogen and oxygen atoms in total. The largest absolute Gasteiger partial charge is 0.373 e. The minimum Gasteiger partial charge on any atom is -0.373 e. The Morgan fingerprint density at radius 3 is 2.56 bits per heavy atom. The summed E-state index contributed by atoms with van der Waals surface area (Å²) in [5.41, 5.74) is 0.621. The van der Waals surface area contributed by atoms with Crippen molar-refractivity contribution in [2.75, 3.05) is 25.5 Å². The molecule has 1 fully saturated rings. The topological polar surface area (TPSA) is 54.5 Å². The molecule has 0 bridgehead atoms. The zero-order valence-corrected chi connectivity index (χ0v) is 11.0. The molecule has 0 aromatic carbocycles.